The number of hydrogen-bond acceptors (Lipinski definition) is 5. The third-order valence-corrected chi connectivity index (χ3v) is 2.94. The van der Waals surface area contributed by atoms with E-state index in [0.29, 0.717) is 11.3 Å². The molecule has 2 rings (SSSR count). The quantitative estimate of drug-likeness (QED) is 0.515. The van der Waals surface area contributed by atoms with E-state index in [0.717, 1.165) is 6.07 Å². The molecular formula is C14H11ClN2O4. The molecule has 2 N–H and O–H groups in total. The first-order valence-corrected chi connectivity index (χ1v) is 6.30. The molecule has 0 amide bonds. The molecule has 0 atom stereocenters. The highest BCUT2D eigenvalue weighted by Gasteiger charge is 2.17. The van der Waals surface area contributed by atoms with Crippen LogP contribution in [0.2, 0.25) is 5.02 Å². The van der Waals surface area contributed by atoms with Crippen LogP contribution in [0.5, 0.6) is 5.75 Å². The van der Waals surface area contributed by atoms with Crippen LogP contribution in [0.15, 0.2) is 41.4 Å². The summed E-state index contributed by atoms with van der Waals surface area (Å²) in [6.45, 7) is -0.114. The average Bonchev–Trinajstić information content (AvgIpc) is 2.47. The molecule has 0 aliphatic rings. The SMILES string of the molecule is O=[N+]([O-])c1cc(Cl)cc(C=Nc2cccc(CO)c2)c1O. The lowest BCUT2D eigenvalue weighted by Crippen LogP contribution is -1.92. The Morgan fingerprint density at radius 3 is 2.76 bits per heavy atom. The fourth-order valence-corrected chi connectivity index (χ4v) is 1.94. The van der Waals surface area contributed by atoms with Gasteiger partial charge in [-0.3, -0.25) is 15.1 Å². The van der Waals surface area contributed by atoms with Gasteiger partial charge in [0.1, 0.15) is 0 Å². The zero-order valence-electron chi connectivity index (χ0n) is 10.7. The molecule has 0 bridgehead atoms. The van der Waals surface area contributed by atoms with Crippen molar-refractivity contribution in [3.63, 3.8) is 0 Å². The molecule has 0 spiro atoms. The lowest BCUT2D eigenvalue weighted by Gasteiger charge is -2.02. The number of nitro groups is 1. The van der Waals surface area contributed by atoms with Crippen molar-refractivity contribution in [2.45, 2.75) is 6.61 Å². The van der Waals surface area contributed by atoms with Crippen LogP contribution in [-0.2, 0) is 6.61 Å². The number of benzene rings is 2. The van der Waals surface area contributed by atoms with Crippen LogP contribution in [0.1, 0.15) is 11.1 Å². The van der Waals surface area contributed by atoms with Gasteiger partial charge in [0, 0.05) is 22.9 Å². The predicted molar refractivity (Wildman–Crippen MR) is 79.4 cm³/mol. The molecule has 7 heteroatoms. The molecule has 0 heterocycles. The van der Waals surface area contributed by atoms with Crippen LogP contribution >= 0.6 is 11.6 Å². The number of nitrogens with zero attached hydrogens (tertiary/aromatic N) is 2. The highest BCUT2D eigenvalue weighted by molar-refractivity contribution is 6.31. The number of phenolic OH excluding ortho intramolecular Hbond substituents is 1. The molecule has 0 saturated heterocycles. The summed E-state index contributed by atoms with van der Waals surface area (Å²) in [4.78, 5) is 14.2. The van der Waals surface area contributed by atoms with Gasteiger partial charge in [0.05, 0.1) is 17.2 Å². The molecule has 0 aliphatic carbocycles. The summed E-state index contributed by atoms with van der Waals surface area (Å²) in [6, 6.07) is 9.27. The molecule has 6 nitrogen and oxygen atoms in total. The van der Waals surface area contributed by atoms with Gasteiger partial charge in [-0.2, -0.15) is 0 Å². The van der Waals surface area contributed by atoms with Crippen molar-refractivity contribution >= 4 is 29.2 Å². The summed E-state index contributed by atoms with van der Waals surface area (Å²) in [6.07, 6.45) is 1.28. The monoisotopic (exact) mass is 306 g/mol. The third-order valence-electron chi connectivity index (χ3n) is 2.73. The molecule has 21 heavy (non-hydrogen) atoms. The maximum atomic E-state index is 10.8. The summed E-state index contributed by atoms with van der Waals surface area (Å²) in [5, 5.41) is 29.8. The van der Waals surface area contributed by atoms with Crippen molar-refractivity contribution in [2.75, 3.05) is 0 Å². The van der Waals surface area contributed by atoms with Crippen molar-refractivity contribution in [3.05, 3.63) is 62.7 Å². The second-order valence-electron chi connectivity index (χ2n) is 4.21. The molecule has 0 radical (unpaired) electrons. The standard InChI is InChI=1S/C14H11ClN2O4/c15-11-5-10(14(19)13(6-11)17(20)21)7-16-12-3-1-2-9(4-12)8-18/h1-7,18-19H,8H2. The highest BCUT2D eigenvalue weighted by Crippen LogP contribution is 2.32. The Labute approximate surface area is 125 Å². The molecule has 0 fully saturated rings. The first-order chi connectivity index (χ1) is 10.0. The van der Waals surface area contributed by atoms with Crippen LogP contribution in [0.25, 0.3) is 0 Å². The fraction of sp³-hybridized carbons (Fsp3) is 0.0714. The van der Waals surface area contributed by atoms with Crippen LogP contribution in [0.3, 0.4) is 0 Å². The normalized spacial score (nSPS) is 11.0. The maximum Gasteiger partial charge on any atom is 0.312 e. The van der Waals surface area contributed by atoms with Gasteiger partial charge >= 0.3 is 5.69 Å². The Morgan fingerprint density at radius 1 is 1.33 bits per heavy atom. The van der Waals surface area contributed by atoms with Crippen LogP contribution in [-0.4, -0.2) is 21.4 Å². The Morgan fingerprint density at radius 2 is 2.10 bits per heavy atom. The number of aromatic hydroxyl groups is 1. The van der Waals surface area contributed by atoms with Gasteiger partial charge in [-0.1, -0.05) is 23.7 Å². The van der Waals surface area contributed by atoms with Gasteiger partial charge in [0.25, 0.3) is 0 Å². The van der Waals surface area contributed by atoms with E-state index in [1.807, 2.05) is 0 Å². The first-order valence-electron chi connectivity index (χ1n) is 5.92. The molecule has 2 aromatic rings. The third kappa shape index (κ3) is 3.56. The smallest absolute Gasteiger partial charge is 0.312 e. The van der Waals surface area contributed by atoms with Gasteiger partial charge in [0.15, 0.2) is 0 Å². The predicted octanol–water partition coefficient (Wildman–Crippen LogP) is 3.20. The minimum atomic E-state index is -0.717. The zero-order valence-corrected chi connectivity index (χ0v) is 11.5. The van der Waals surface area contributed by atoms with Crippen molar-refractivity contribution in [1.29, 1.82) is 0 Å². The van der Waals surface area contributed by atoms with Gasteiger partial charge in [-0.05, 0) is 23.8 Å². The molecule has 108 valence electrons. The lowest BCUT2D eigenvalue weighted by atomic mass is 10.2. The van der Waals surface area contributed by atoms with Crippen molar-refractivity contribution in [1.82, 2.24) is 0 Å². The number of nitro benzene ring substituents is 1. The van der Waals surface area contributed by atoms with Crippen molar-refractivity contribution < 1.29 is 15.1 Å². The second-order valence-corrected chi connectivity index (χ2v) is 4.64. The second kappa shape index (κ2) is 6.34. The lowest BCUT2D eigenvalue weighted by molar-refractivity contribution is -0.385. The molecule has 0 saturated carbocycles. The Bertz CT molecular complexity index is 716. The van der Waals surface area contributed by atoms with E-state index in [1.165, 1.54) is 12.3 Å². The summed E-state index contributed by atoms with van der Waals surface area (Å²) < 4.78 is 0. The van der Waals surface area contributed by atoms with Crippen LogP contribution < -0.4 is 0 Å². The van der Waals surface area contributed by atoms with E-state index in [-0.39, 0.29) is 17.2 Å². The van der Waals surface area contributed by atoms with Gasteiger partial charge < -0.3 is 10.2 Å². The summed E-state index contributed by atoms with van der Waals surface area (Å²) in [5.41, 5.74) is 0.895. The van der Waals surface area contributed by atoms with E-state index in [9.17, 15) is 15.2 Å². The minimum absolute atomic E-state index is 0.114. The fourth-order valence-electron chi connectivity index (χ4n) is 1.72. The minimum Gasteiger partial charge on any atom is -0.502 e. The number of rotatable bonds is 4. The highest BCUT2D eigenvalue weighted by atomic mass is 35.5. The molecule has 0 aromatic heterocycles. The number of aliphatic hydroxyl groups is 1. The van der Waals surface area contributed by atoms with E-state index in [2.05, 4.69) is 4.99 Å². The number of hydrogen-bond donors (Lipinski definition) is 2. The van der Waals surface area contributed by atoms with Gasteiger partial charge in [0.2, 0.25) is 5.75 Å². The number of aliphatic imine (C=N–C) groups is 1. The summed E-state index contributed by atoms with van der Waals surface area (Å²) in [5.74, 6) is -0.494. The molecule has 0 aliphatic heterocycles. The Hall–Kier alpha value is -2.44. The molecule has 0 unspecified atom stereocenters. The van der Waals surface area contributed by atoms with E-state index in [1.54, 1.807) is 24.3 Å². The number of phenols is 1. The van der Waals surface area contributed by atoms with E-state index >= 15 is 0 Å². The average molecular weight is 307 g/mol. The number of aliphatic hydroxyl groups excluding tert-OH is 1. The van der Waals surface area contributed by atoms with E-state index < -0.39 is 16.4 Å². The summed E-state index contributed by atoms with van der Waals surface area (Å²) >= 11 is 5.79. The van der Waals surface area contributed by atoms with E-state index in [4.69, 9.17) is 16.7 Å². The Balaban J connectivity index is 2.38. The van der Waals surface area contributed by atoms with Crippen LogP contribution in [0, 0.1) is 10.1 Å². The van der Waals surface area contributed by atoms with Gasteiger partial charge in [-0.25, -0.2) is 0 Å². The zero-order chi connectivity index (χ0) is 15.4. The van der Waals surface area contributed by atoms with Crippen LogP contribution in [0.4, 0.5) is 11.4 Å². The summed E-state index contributed by atoms with van der Waals surface area (Å²) in [7, 11) is 0. The molecule has 2 aromatic carbocycles. The van der Waals surface area contributed by atoms with Crippen molar-refractivity contribution in [2.24, 2.45) is 4.99 Å². The number of halogens is 1. The molecular weight excluding hydrogens is 296 g/mol. The largest absolute Gasteiger partial charge is 0.502 e. The van der Waals surface area contributed by atoms with Gasteiger partial charge in [-0.15, -0.1) is 0 Å². The Kier molecular flexibility index (Phi) is 4.52. The topological polar surface area (TPSA) is 96.0 Å². The maximum absolute atomic E-state index is 10.8. The van der Waals surface area contributed by atoms with Crippen molar-refractivity contribution in [3.8, 4) is 5.75 Å². The first kappa shape index (κ1) is 15.0.